The van der Waals surface area contributed by atoms with Gasteiger partial charge in [-0.3, -0.25) is 14.4 Å². The van der Waals surface area contributed by atoms with Crippen LogP contribution < -0.4 is 0 Å². The van der Waals surface area contributed by atoms with Crippen molar-refractivity contribution in [1.82, 2.24) is 4.57 Å². The zero-order valence-corrected chi connectivity index (χ0v) is 17.9. The van der Waals surface area contributed by atoms with Gasteiger partial charge in [-0.15, -0.1) is 0 Å². The van der Waals surface area contributed by atoms with Crippen LogP contribution in [0.25, 0.3) is 5.69 Å². The van der Waals surface area contributed by atoms with Crippen LogP contribution in [0, 0.1) is 31.6 Å². The van der Waals surface area contributed by atoms with Crippen LogP contribution in [-0.4, -0.2) is 28.2 Å². The van der Waals surface area contributed by atoms with Gasteiger partial charge in [0.1, 0.15) is 5.78 Å². The molecule has 30 heavy (non-hydrogen) atoms. The van der Waals surface area contributed by atoms with Gasteiger partial charge < -0.3 is 9.30 Å². The summed E-state index contributed by atoms with van der Waals surface area (Å²) in [5.74, 6) is -0.493. The second kappa shape index (κ2) is 8.21. The van der Waals surface area contributed by atoms with Gasteiger partial charge in [0.2, 0.25) is 5.78 Å². The number of aromatic nitrogens is 1. The molecule has 4 atom stereocenters. The number of carbonyl (C=O) groups excluding carboxylic acids is 3. The van der Waals surface area contributed by atoms with Crippen LogP contribution in [0.2, 0.25) is 0 Å². The Kier molecular flexibility index (Phi) is 5.63. The van der Waals surface area contributed by atoms with E-state index in [1.54, 1.807) is 6.92 Å². The van der Waals surface area contributed by atoms with Gasteiger partial charge in [0.25, 0.3) is 0 Å². The number of benzene rings is 1. The summed E-state index contributed by atoms with van der Waals surface area (Å²) in [4.78, 5) is 38.1. The Bertz CT molecular complexity index is 959. The summed E-state index contributed by atoms with van der Waals surface area (Å²) in [6.07, 6.45) is 3.10. The first-order valence-electron chi connectivity index (χ1n) is 10.9. The predicted molar refractivity (Wildman–Crippen MR) is 114 cm³/mol. The SMILES string of the molecule is Cc1cc(C(=O)[C@@H](C)OC(=O)C2C[C@H]3CCC[C@@H](C2)C3=O)c(C)n1-c1ccccc1. The van der Waals surface area contributed by atoms with Crippen LogP contribution in [-0.2, 0) is 14.3 Å². The number of hydrogen-bond acceptors (Lipinski definition) is 4. The van der Waals surface area contributed by atoms with Crippen molar-refractivity contribution in [3.63, 3.8) is 0 Å². The highest BCUT2D eigenvalue weighted by molar-refractivity contribution is 6.01. The van der Waals surface area contributed by atoms with Gasteiger partial charge in [0.15, 0.2) is 6.10 Å². The number of hydrogen-bond donors (Lipinski definition) is 0. The third kappa shape index (κ3) is 3.73. The van der Waals surface area contributed by atoms with Crippen molar-refractivity contribution in [2.75, 3.05) is 0 Å². The molecule has 0 amide bonds. The predicted octanol–water partition coefficient (Wildman–Crippen LogP) is 4.60. The van der Waals surface area contributed by atoms with E-state index in [1.807, 2.05) is 54.8 Å². The molecule has 2 saturated carbocycles. The molecule has 5 heteroatoms. The highest BCUT2D eigenvalue weighted by Crippen LogP contribution is 2.40. The maximum Gasteiger partial charge on any atom is 0.309 e. The van der Waals surface area contributed by atoms with Crippen LogP contribution in [0.5, 0.6) is 0 Å². The zero-order valence-electron chi connectivity index (χ0n) is 17.9. The molecule has 2 bridgehead atoms. The Labute approximate surface area is 177 Å². The molecule has 0 radical (unpaired) electrons. The maximum atomic E-state index is 13.1. The molecule has 2 fully saturated rings. The zero-order chi connectivity index (χ0) is 21.4. The van der Waals surface area contributed by atoms with Crippen LogP contribution in [0.15, 0.2) is 36.4 Å². The largest absolute Gasteiger partial charge is 0.454 e. The smallest absolute Gasteiger partial charge is 0.309 e. The van der Waals surface area contributed by atoms with Crippen molar-refractivity contribution >= 4 is 17.5 Å². The fourth-order valence-electron chi connectivity index (χ4n) is 5.20. The van der Waals surface area contributed by atoms with Gasteiger partial charge in [0, 0.05) is 34.5 Å². The van der Waals surface area contributed by atoms with Gasteiger partial charge in [0.05, 0.1) is 5.92 Å². The Balaban J connectivity index is 1.47. The second-order valence-corrected chi connectivity index (χ2v) is 8.79. The van der Waals surface area contributed by atoms with Gasteiger partial charge in [-0.1, -0.05) is 24.6 Å². The van der Waals surface area contributed by atoms with Crippen molar-refractivity contribution in [3.05, 3.63) is 53.3 Å². The molecular formula is C25H29NO4. The van der Waals surface area contributed by atoms with Crippen molar-refractivity contribution in [1.29, 1.82) is 0 Å². The summed E-state index contributed by atoms with van der Waals surface area (Å²) in [5, 5.41) is 0. The first kappa shape index (κ1) is 20.6. The van der Waals surface area contributed by atoms with Crippen LogP contribution in [0.1, 0.15) is 60.8 Å². The number of nitrogens with zero attached hydrogens (tertiary/aromatic N) is 1. The summed E-state index contributed by atoms with van der Waals surface area (Å²) in [7, 11) is 0. The topological polar surface area (TPSA) is 65.4 Å². The molecule has 1 unspecified atom stereocenters. The fraction of sp³-hybridized carbons (Fsp3) is 0.480. The average molecular weight is 408 g/mol. The lowest BCUT2D eigenvalue weighted by Gasteiger charge is -2.36. The molecule has 0 aliphatic heterocycles. The second-order valence-electron chi connectivity index (χ2n) is 8.79. The Morgan fingerprint density at radius 3 is 2.33 bits per heavy atom. The minimum absolute atomic E-state index is 0.00847. The van der Waals surface area contributed by atoms with Crippen LogP contribution in [0.3, 0.4) is 0 Å². The molecule has 158 valence electrons. The van der Waals surface area contributed by atoms with Crippen LogP contribution >= 0.6 is 0 Å². The van der Waals surface area contributed by atoms with E-state index in [0.29, 0.717) is 24.2 Å². The number of ether oxygens (including phenoxy) is 1. The van der Waals surface area contributed by atoms with Crippen molar-refractivity contribution < 1.29 is 19.1 Å². The third-order valence-electron chi connectivity index (χ3n) is 6.75. The van der Waals surface area contributed by atoms with E-state index >= 15 is 0 Å². The quantitative estimate of drug-likeness (QED) is 0.537. The lowest BCUT2D eigenvalue weighted by Crippen LogP contribution is -2.40. The fourth-order valence-corrected chi connectivity index (χ4v) is 5.20. The lowest BCUT2D eigenvalue weighted by atomic mass is 9.67. The molecule has 4 rings (SSSR count). The molecular weight excluding hydrogens is 378 g/mol. The number of para-hydroxylation sites is 1. The van der Waals surface area contributed by atoms with E-state index in [0.717, 1.165) is 36.3 Å². The van der Waals surface area contributed by atoms with E-state index in [4.69, 9.17) is 4.74 Å². The first-order valence-corrected chi connectivity index (χ1v) is 10.9. The van der Waals surface area contributed by atoms with Crippen LogP contribution in [0.4, 0.5) is 0 Å². The molecule has 2 aromatic rings. The summed E-state index contributed by atoms with van der Waals surface area (Å²) in [6, 6.07) is 11.7. The van der Waals surface area contributed by atoms with Crippen molar-refractivity contribution in [3.8, 4) is 5.69 Å². The molecule has 0 saturated heterocycles. The molecule has 0 spiro atoms. The number of esters is 1. The summed E-state index contributed by atoms with van der Waals surface area (Å²) >= 11 is 0. The highest BCUT2D eigenvalue weighted by atomic mass is 16.5. The number of ketones is 2. The number of Topliss-reactive ketones (excluding diaryl/α,β-unsaturated/α-hetero) is 2. The Morgan fingerprint density at radius 2 is 1.70 bits per heavy atom. The lowest BCUT2D eigenvalue weighted by molar-refractivity contribution is -0.155. The molecule has 2 aliphatic carbocycles. The number of aryl methyl sites for hydroxylation is 1. The van der Waals surface area contributed by atoms with E-state index in [1.165, 1.54) is 0 Å². The van der Waals surface area contributed by atoms with E-state index in [2.05, 4.69) is 0 Å². The molecule has 5 nitrogen and oxygen atoms in total. The Morgan fingerprint density at radius 1 is 1.07 bits per heavy atom. The molecule has 1 heterocycles. The van der Waals surface area contributed by atoms with Gasteiger partial charge in [-0.25, -0.2) is 0 Å². The van der Waals surface area contributed by atoms with E-state index in [-0.39, 0.29) is 29.5 Å². The summed E-state index contributed by atoms with van der Waals surface area (Å²) in [6.45, 7) is 5.52. The average Bonchev–Trinajstić information content (AvgIpc) is 3.01. The summed E-state index contributed by atoms with van der Waals surface area (Å²) in [5.41, 5.74) is 3.37. The van der Waals surface area contributed by atoms with E-state index < -0.39 is 6.10 Å². The minimum Gasteiger partial charge on any atom is -0.454 e. The monoisotopic (exact) mass is 407 g/mol. The highest BCUT2D eigenvalue weighted by Gasteiger charge is 2.42. The number of rotatable bonds is 5. The molecule has 1 aromatic carbocycles. The molecule has 1 aromatic heterocycles. The standard InChI is InChI=1S/C25H29NO4/c1-15-12-22(16(2)26(15)21-10-5-4-6-11-21)23(27)17(3)30-25(29)20-13-18-8-7-9-19(14-20)24(18)28/h4-6,10-12,17-20H,7-9,13-14H2,1-3H3/t17-,18-,19+,20?/m1/s1. The van der Waals surface area contributed by atoms with Crippen molar-refractivity contribution in [2.24, 2.45) is 17.8 Å². The van der Waals surface area contributed by atoms with Gasteiger partial charge in [-0.2, -0.15) is 0 Å². The Hall–Kier alpha value is -2.69. The number of carbonyl (C=O) groups is 3. The third-order valence-corrected chi connectivity index (χ3v) is 6.75. The van der Waals surface area contributed by atoms with Crippen molar-refractivity contribution in [2.45, 2.75) is 59.0 Å². The van der Waals surface area contributed by atoms with Gasteiger partial charge >= 0.3 is 5.97 Å². The number of fused-ring (bicyclic) bond motifs is 2. The molecule has 0 N–H and O–H groups in total. The van der Waals surface area contributed by atoms with Gasteiger partial charge in [-0.05, 0) is 64.7 Å². The van der Waals surface area contributed by atoms with E-state index in [9.17, 15) is 14.4 Å². The maximum absolute atomic E-state index is 13.1. The minimum atomic E-state index is -0.848. The molecule has 2 aliphatic rings. The first-order chi connectivity index (χ1) is 14.4. The normalized spacial score (nSPS) is 24.4. The summed E-state index contributed by atoms with van der Waals surface area (Å²) < 4.78 is 7.64.